The van der Waals surface area contributed by atoms with Gasteiger partial charge in [0.25, 0.3) is 5.91 Å². The lowest BCUT2D eigenvalue weighted by Crippen LogP contribution is -2.30. The minimum Gasteiger partial charge on any atom is -0.323 e. The molecule has 1 aromatic carbocycles. The van der Waals surface area contributed by atoms with Crippen molar-refractivity contribution in [3.63, 3.8) is 0 Å². The van der Waals surface area contributed by atoms with Crippen LogP contribution in [0.2, 0.25) is 10.2 Å². The van der Waals surface area contributed by atoms with Gasteiger partial charge in [-0.2, -0.15) is 5.10 Å². The Kier molecular flexibility index (Phi) is 4.63. The molecule has 0 bridgehead atoms. The van der Waals surface area contributed by atoms with Gasteiger partial charge >= 0.3 is 0 Å². The van der Waals surface area contributed by atoms with Crippen molar-refractivity contribution in [1.29, 1.82) is 0 Å². The number of hydrogen-bond donors (Lipinski definition) is 1. The molecule has 1 aliphatic rings. The van der Waals surface area contributed by atoms with E-state index in [0.717, 1.165) is 23.5 Å². The fraction of sp³-hybridized carbons (Fsp3) is 0.167. The Hall–Kier alpha value is -2.41. The fourth-order valence-corrected chi connectivity index (χ4v) is 3.26. The zero-order valence-electron chi connectivity index (χ0n) is 13.7. The average molecular weight is 388 g/mol. The van der Waals surface area contributed by atoms with E-state index >= 15 is 0 Å². The third kappa shape index (κ3) is 3.31. The van der Waals surface area contributed by atoms with Crippen molar-refractivity contribution < 1.29 is 4.79 Å². The van der Waals surface area contributed by atoms with Crippen LogP contribution in [0.25, 0.3) is 16.9 Å². The molecule has 2 aromatic heterocycles. The number of rotatable bonds is 3. The van der Waals surface area contributed by atoms with Gasteiger partial charge in [-0.25, -0.2) is 9.67 Å². The normalized spacial score (nSPS) is 14.0. The Labute approximate surface area is 160 Å². The summed E-state index contributed by atoms with van der Waals surface area (Å²) >= 11 is 12.2. The first-order chi connectivity index (χ1) is 12.6. The van der Waals surface area contributed by atoms with Crippen molar-refractivity contribution in [2.45, 2.75) is 0 Å². The smallest absolute Gasteiger partial charge is 0.275 e. The average Bonchev–Trinajstić information content (AvgIpc) is 3.31. The second-order valence-electron chi connectivity index (χ2n) is 5.90. The third-order valence-corrected chi connectivity index (χ3v) is 4.59. The summed E-state index contributed by atoms with van der Waals surface area (Å²) in [6, 6.07) is 12.7. The molecule has 26 heavy (non-hydrogen) atoms. The van der Waals surface area contributed by atoms with Gasteiger partial charge in [0, 0.05) is 29.9 Å². The van der Waals surface area contributed by atoms with Crippen LogP contribution in [0.4, 0.5) is 0 Å². The van der Waals surface area contributed by atoms with Crippen LogP contribution in [0.5, 0.6) is 0 Å². The summed E-state index contributed by atoms with van der Waals surface area (Å²) in [5.74, 6) is -0.114. The number of carbonyl (C=O) groups is 1. The molecule has 0 saturated carbocycles. The predicted molar refractivity (Wildman–Crippen MR) is 101 cm³/mol. The molecule has 1 amide bonds. The van der Waals surface area contributed by atoms with Gasteiger partial charge in [0.2, 0.25) is 0 Å². The van der Waals surface area contributed by atoms with Gasteiger partial charge in [-0.15, -0.1) is 0 Å². The van der Waals surface area contributed by atoms with Gasteiger partial charge in [0.1, 0.15) is 5.15 Å². The number of carbonyl (C=O) groups excluding carboxylic acids is 1. The Balaban J connectivity index is 1.83. The molecule has 8 heteroatoms. The highest BCUT2D eigenvalue weighted by atomic mass is 35.5. The number of halogens is 2. The SMILES string of the molecule is O=C(c1cc(-c2ccnc(Cl)c2)n(-c2cccc(Cl)c2)n1)N1CCNC1. The summed E-state index contributed by atoms with van der Waals surface area (Å²) in [5.41, 5.74) is 2.69. The van der Waals surface area contributed by atoms with Crippen molar-refractivity contribution in [2.75, 3.05) is 19.8 Å². The minimum absolute atomic E-state index is 0.114. The molecule has 4 rings (SSSR count). The molecular formula is C18H15Cl2N5O. The number of benzene rings is 1. The number of nitrogens with zero attached hydrogens (tertiary/aromatic N) is 4. The van der Waals surface area contributed by atoms with Gasteiger partial charge in [-0.3, -0.25) is 10.1 Å². The van der Waals surface area contributed by atoms with Gasteiger partial charge in [-0.05, 0) is 36.4 Å². The maximum atomic E-state index is 12.8. The number of pyridine rings is 1. The van der Waals surface area contributed by atoms with E-state index in [-0.39, 0.29) is 5.91 Å². The molecule has 3 aromatic rings. The fourth-order valence-electron chi connectivity index (χ4n) is 2.90. The van der Waals surface area contributed by atoms with Crippen molar-refractivity contribution in [3.8, 4) is 16.9 Å². The lowest BCUT2D eigenvalue weighted by molar-refractivity contribution is 0.0785. The molecule has 0 atom stereocenters. The molecule has 1 fully saturated rings. The van der Waals surface area contributed by atoms with E-state index in [1.54, 1.807) is 40.0 Å². The molecule has 3 heterocycles. The zero-order valence-corrected chi connectivity index (χ0v) is 15.2. The molecule has 1 saturated heterocycles. The lowest BCUT2D eigenvalue weighted by Gasteiger charge is -2.11. The number of hydrogen-bond acceptors (Lipinski definition) is 4. The van der Waals surface area contributed by atoms with Crippen LogP contribution in [0, 0.1) is 0 Å². The third-order valence-electron chi connectivity index (χ3n) is 4.15. The first-order valence-corrected chi connectivity index (χ1v) is 8.85. The first kappa shape index (κ1) is 17.0. The highest BCUT2D eigenvalue weighted by Gasteiger charge is 2.24. The Morgan fingerprint density at radius 2 is 2.04 bits per heavy atom. The summed E-state index contributed by atoms with van der Waals surface area (Å²) in [6.45, 7) is 1.98. The van der Waals surface area contributed by atoms with Crippen molar-refractivity contribution in [1.82, 2.24) is 25.0 Å². The van der Waals surface area contributed by atoms with E-state index in [9.17, 15) is 4.79 Å². The Bertz CT molecular complexity index is 903. The second-order valence-corrected chi connectivity index (χ2v) is 6.72. The highest BCUT2D eigenvalue weighted by Crippen LogP contribution is 2.27. The Morgan fingerprint density at radius 1 is 1.15 bits per heavy atom. The topological polar surface area (TPSA) is 63.1 Å². The quantitative estimate of drug-likeness (QED) is 0.700. The van der Waals surface area contributed by atoms with E-state index < -0.39 is 0 Å². The number of aromatic nitrogens is 3. The maximum absolute atomic E-state index is 12.8. The molecule has 6 nitrogen and oxygen atoms in total. The van der Waals surface area contributed by atoms with Crippen molar-refractivity contribution in [2.24, 2.45) is 0 Å². The summed E-state index contributed by atoms with van der Waals surface area (Å²) in [4.78, 5) is 18.5. The summed E-state index contributed by atoms with van der Waals surface area (Å²) in [7, 11) is 0. The van der Waals surface area contributed by atoms with Crippen LogP contribution in [0.3, 0.4) is 0 Å². The monoisotopic (exact) mass is 387 g/mol. The van der Waals surface area contributed by atoms with Gasteiger partial charge in [-0.1, -0.05) is 29.3 Å². The van der Waals surface area contributed by atoms with Crippen molar-refractivity contribution >= 4 is 29.1 Å². The molecule has 0 spiro atoms. The van der Waals surface area contributed by atoms with E-state index in [2.05, 4.69) is 15.4 Å². The molecule has 0 aliphatic carbocycles. The van der Waals surface area contributed by atoms with Gasteiger partial charge in [0.05, 0.1) is 18.1 Å². The minimum atomic E-state index is -0.114. The molecule has 0 radical (unpaired) electrons. The largest absolute Gasteiger partial charge is 0.323 e. The summed E-state index contributed by atoms with van der Waals surface area (Å²) in [5, 5.41) is 8.66. The summed E-state index contributed by atoms with van der Waals surface area (Å²) in [6.07, 6.45) is 1.62. The van der Waals surface area contributed by atoms with E-state index in [4.69, 9.17) is 23.2 Å². The lowest BCUT2D eigenvalue weighted by atomic mass is 10.1. The van der Waals surface area contributed by atoms with Crippen LogP contribution >= 0.6 is 23.2 Å². The van der Waals surface area contributed by atoms with Gasteiger partial charge in [0.15, 0.2) is 5.69 Å². The predicted octanol–water partition coefficient (Wildman–Crippen LogP) is 3.24. The van der Waals surface area contributed by atoms with E-state index in [1.807, 2.05) is 18.2 Å². The Morgan fingerprint density at radius 3 is 2.77 bits per heavy atom. The summed E-state index contributed by atoms with van der Waals surface area (Å²) < 4.78 is 1.70. The number of amides is 1. The zero-order chi connectivity index (χ0) is 18.1. The van der Waals surface area contributed by atoms with Crippen LogP contribution in [0.15, 0.2) is 48.7 Å². The molecule has 1 N–H and O–H groups in total. The van der Waals surface area contributed by atoms with Crippen LogP contribution in [-0.2, 0) is 0 Å². The molecule has 1 aliphatic heterocycles. The molecule has 0 unspecified atom stereocenters. The second kappa shape index (κ2) is 7.07. The van der Waals surface area contributed by atoms with Crippen molar-refractivity contribution in [3.05, 3.63) is 64.5 Å². The highest BCUT2D eigenvalue weighted by molar-refractivity contribution is 6.30. The molecular weight excluding hydrogens is 373 g/mol. The van der Waals surface area contributed by atoms with Crippen LogP contribution < -0.4 is 5.32 Å². The van der Waals surface area contributed by atoms with E-state index in [0.29, 0.717) is 29.1 Å². The number of nitrogens with one attached hydrogen (secondary N) is 1. The van der Waals surface area contributed by atoms with Crippen LogP contribution in [0.1, 0.15) is 10.5 Å². The first-order valence-electron chi connectivity index (χ1n) is 8.10. The van der Waals surface area contributed by atoms with Gasteiger partial charge < -0.3 is 4.90 Å². The molecule has 132 valence electrons. The maximum Gasteiger partial charge on any atom is 0.275 e. The van der Waals surface area contributed by atoms with E-state index in [1.165, 1.54) is 0 Å². The van der Waals surface area contributed by atoms with Crippen LogP contribution in [-0.4, -0.2) is 45.3 Å². The standard InChI is InChI=1S/C18H15Cl2N5O/c19-13-2-1-3-14(9-13)25-16(12-4-5-22-17(20)8-12)10-15(23-25)18(26)24-7-6-21-11-24/h1-5,8-10,21H,6-7,11H2.